The Morgan fingerprint density at radius 2 is 1.62 bits per heavy atom. The van der Waals surface area contributed by atoms with E-state index in [1.807, 2.05) is 0 Å². The summed E-state index contributed by atoms with van der Waals surface area (Å²) in [4.78, 5) is 49.7. The van der Waals surface area contributed by atoms with Gasteiger partial charge in [0.25, 0.3) is 0 Å². The van der Waals surface area contributed by atoms with Crippen molar-refractivity contribution in [2.24, 2.45) is 34.5 Å². The van der Waals surface area contributed by atoms with Crippen LogP contribution in [0.25, 0.3) is 0 Å². The molecule has 0 saturated heterocycles. The first-order valence-electron chi connectivity index (χ1n) is 15.5. The van der Waals surface area contributed by atoms with E-state index < -0.39 is 58.2 Å². The molecule has 4 rings (SSSR count). The fraction of sp³-hybridized carbons (Fsp3) is 0.818. The Hall–Kier alpha value is -2.26. The monoisotopic (exact) mass is 590 g/mol. The van der Waals surface area contributed by atoms with Gasteiger partial charge in [-0.2, -0.15) is 0 Å². The Bertz CT molecular complexity index is 1140. The van der Waals surface area contributed by atoms with Crippen LogP contribution in [0.5, 0.6) is 0 Å². The lowest BCUT2D eigenvalue weighted by molar-refractivity contribution is -0.186. The number of aliphatic hydroxyl groups is 2. The van der Waals surface area contributed by atoms with Gasteiger partial charge in [-0.15, -0.1) is 0 Å². The number of hydrogen-bond donors (Lipinski definition) is 2. The highest BCUT2D eigenvalue weighted by molar-refractivity contribution is 5.95. The van der Waals surface area contributed by atoms with E-state index in [1.54, 1.807) is 19.9 Å². The minimum atomic E-state index is -1.21. The van der Waals surface area contributed by atoms with Gasteiger partial charge in [-0.25, -0.2) is 0 Å². The van der Waals surface area contributed by atoms with Gasteiger partial charge in [-0.3, -0.25) is 19.2 Å². The maximum atomic E-state index is 13.8. The molecule has 3 saturated carbocycles. The van der Waals surface area contributed by atoms with Crippen molar-refractivity contribution in [2.45, 2.75) is 136 Å². The zero-order valence-corrected chi connectivity index (χ0v) is 26.5. The summed E-state index contributed by atoms with van der Waals surface area (Å²) in [6.45, 7) is 13.8. The lowest BCUT2D eigenvalue weighted by atomic mass is 9.45. The van der Waals surface area contributed by atoms with Crippen LogP contribution in [0.15, 0.2) is 11.6 Å². The smallest absolute Gasteiger partial charge is 0.303 e. The van der Waals surface area contributed by atoms with E-state index in [9.17, 15) is 29.4 Å². The first kappa shape index (κ1) is 32.6. The van der Waals surface area contributed by atoms with Crippen LogP contribution in [0.3, 0.4) is 0 Å². The zero-order valence-electron chi connectivity index (χ0n) is 26.5. The number of carbonyl (C=O) groups is 4. The number of ketones is 1. The summed E-state index contributed by atoms with van der Waals surface area (Å²) in [5.74, 6) is -1.94. The Balaban J connectivity index is 1.66. The van der Waals surface area contributed by atoms with Gasteiger partial charge in [0.05, 0.1) is 11.2 Å². The molecule has 1 unspecified atom stereocenters. The molecule has 4 aliphatic carbocycles. The van der Waals surface area contributed by atoms with Crippen molar-refractivity contribution in [3.8, 4) is 0 Å². The van der Waals surface area contributed by atoms with Crippen LogP contribution in [-0.4, -0.2) is 63.4 Å². The van der Waals surface area contributed by atoms with Gasteiger partial charge >= 0.3 is 17.9 Å². The zero-order chi connectivity index (χ0) is 31.4. The molecule has 0 amide bonds. The van der Waals surface area contributed by atoms with Crippen LogP contribution in [0.1, 0.15) is 107 Å². The minimum absolute atomic E-state index is 0.0321. The Kier molecular flexibility index (Phi) is 8.82. The predicted octanol–water partition coefficient (Wildman–Crippen LogP) is 4.45. The number of carbonyl (C=O) groups excluding carboxylic acids is 4. The second-order valence-electron chi connectivity index (χ2n) is 14.7. The van der Waals surface area contributed by atoms with Crippen molar-refractivity contribution in [3.63, 3.8) is 0 Å². The summed E-state index contributed by atoms with van der Waals surface area (Å²) in [5.41, 5.74) is -2.46. The average Bonchev–Trinajstić information content (AvgIpc) is 3.12. The van der Waals surface area contributed by atoms with E-state index in [4.69, 9.17) is 14.2 Å². The molecule has 0 heterocycles. The van der Waals surface area contributed by atoms with E-state index in [2.05, 4.69) is 20.8 Å². The molecule has 0 aromatic heterocycles. The molecule has 236 valence electrons. The van der Waals surface area contributed by atoms with E-state index in [-0.39, 0.29) is 35.9 Å². The van der Waals surface area contributed by atoms with Crippen molar-refractivity contribution in [3.05, 3.63) is 11.6 Å². The van der Waals surface area contributed by atoms with Crippen LogP contribution in [0, 0.1) is 34.5 Å². The van der Waals surface area contributed by atoms with Crippen molar-refractivity contribution in [2.75, 3.05) is 0 Å². The summed E-state index contributed by atoms with van der Waals surface area (Å²) in [6, 6.07) is 0. The standard InChI is InChI=1S/C33H50O9/c1-18(27(40-19(2)34)11-12-30(5,6)38)22-10-14-33(39)24-15-26(37)25-16-28(41-20(3)35)29(42-21(4)36)17-31(25,7)23(24)9-13-32(22,33)8/h15,18,22-23,25,27-29,38-39H,9-14,16-17H2,1-8H3/t18-,22+,23-,25-,27?,28+,29-,31+,32+,33+/m0/s1. The maximum absolute atomic E-state index is 13.8. The molecule has 0 spiro atoms. The van der Waals surface area contributed by atoms with E-state index in [0.717, 1.165) is 24.8 Å². The summed E-state index contributed by atoms with van der Waals surface area (Å²) in [7, 11) is 0. The van der Waals surface area contributed by atoms with Gasteiger partial charge in [-0.1, -0.05) is 20.8 Å². The third kappa shape index (κ3) is 5.80. The largest absolute Gasteiger partial charge is 0.462 e. The van der Waals surface area contributed by atoms with Gasteiger partial charge < -0.3 is 24.4 Å². The van der Waals surface area contributed by atoms with Crippen molar-refractivity contribution < 1.29 is 43.6 Å². The molecule has 9 nitrogen and oxygen atoms in total. The highest BCUT2D eigenvalue weighted by Crippen LogP contribution is 2.68. The molecule has 3 fully saturated rings. The van der Waals surface area contributed by atoms with Crippen molar-refractivity contribution in [1.29, 1.82) is 0 Å². The second kappa shape index (κ2) is 11.3. The fourth-order valence-electron chi connectivity index (χ4n) is 9.28. The lowest BCUT2D eigenvalue weighted by Gasteiger charge is -2.60. The molecule has 9 heteroatoms. The number of esters is 3. The average molecular weight is 591 g/mol. The van der Waals surface area contributed by atoms with Crippen LogP contribution >= 0.6 is 0 Å². The quantitative estimate of drug-likeness (QED) is 0.310. The number of fused-ring (bicyclic) bond motifs is 5. The Morgan fingerprint density at radius 1 is 1.00 bits per heavy atom. The van der Waals surface area contributed by atoms with Crippen molar-refractivity contribution in [1.82, 2.24) is 0 Å². The number of rotatable bonds is 8. The molecule has 0 aromatic rings. The first-order valence-corrected chi connectivity index (χ1v) is 15.5. The molecular formula is C33H50O9. The first-order chi connectivity index (χ1) is 19.3. The molecule has 0 bridgehead atoms. The molecule has 2 N–H and O–H groups in total. The van der Waals surface area contributed by atoms with Gasteiger partial charge in [0.2, 0.25) is 0 Å². The van der Waals surface area contributed by atoms with Gasteiger partial charge in [-0.05, 0) is 100 Å². The Labute approximate surface area is 249 Å². The number of allylic oxidation sites excluding steroid dienone is 1. The lowest BCUT2D eigenvalue weighted by Crippen LogP contribution is -2.61. The van der Waals surface area contributed by atoms with Gasteiger partial charge in [0, 0.05) is 32.1 Å². The SMILES string of the molecule is CC(=O)OC(CCC(C)(C)O)[C@@H](C)[C@H]1CC[C@@]2(O)C3=CC(=O)[C@@H]4C[C@@H](OC(C)=O)[C@@H](OC(C)=O)C[C@]4(C)[C@H]3CC[C@]12C. The highest BCUT2D eigenvalue weighted by atomic mass is 16.6. The van der Waals surface area contributed by atoms with Crippen LogP contribution in [-0.2, 0) is 33.4 Å². The molecule has 10 atom stereocenters. The third-order valence-electron chi connectivity index (χ3n) is 11.4. The summed E-state index contributed by atoms with van der Waals surface area (Å²) < 4.78 is 17.0. The third-order valence-corrected chi connectivity index (χ3v) is 11.4. The molecule has 0 aliphatic heterocycles. The van der Waals surface area contributed by atoms with Gasteiger partial charge in [0.1, 0.15) is 18.3 Å². The molecule has 42 heavy (non-hydrogen) atoms. The van der Waals surface area contributed by atoms with Crippen molar-refractivity contribution >= 4 is 23.7 Å². The van der Waals surface area contributed by atoms with Crippen LogP contribution < -0.4 is 0 Å². The topological polar surface area (TPSA) is 136 Å². The van der Waals surface area contributed by atoms with Gasteiger partial charge in [0.15, 0.2) is 5.78 Å². The molecule has 0 aromatic carbocycles. The maximum Gasteiger partial charge on any atom is 0.303 e. The highest BCUT2D eigenvalue weighted by Gasteiger charge is 2.67. The summed E-state index contributed by atoms with van der Waals surface area (Å²) >= 11 is 0. The molecular weight excluding hydrogens is 540 g/mol. The molecule has 0 radical (unpaired) electrons. The van der Waals surface area contributed by atoms with Crippen LogP contribution in [0.4, 0.5) is 0 Å². The summed E-state index contributed by atoms with van der Waals surface area (Å²) in [6.07, 6.45) is 4.21. The fourth-order valence-corrected chi connectivity index (χ4v) is 9.28. The minimum Gasteiger partial charge on any atom is -0.462 e. The molecule has 4 aliphatic rings. The van der Waals surface area contributed by atoms with E-state index in [0.29, 0.717) is 25.7 Å². The normalized spacial score (nSPS) is 39.1. The van der Waals surface area contributed by atoms with E-state index in [1.165, 1.54) is 20.8 Å². The number of hydrogen-bond acceptors (Lipinski definition) is 9. The summed E-state index contributed by atoms with van der Waals surface area (Å²) in [5, 5.41) is 22.9. The second-order valence-corrected chi connectivity index (χ2v) is 14.7. The predicted molar refractivity (Wildman–Crippen MR) is 154 cm³/mol. The Morgan fingerprint density at radius 3 is 2.19 bits per heavy atom. The van der Waals surface area contributed by atoms with Crippen LogP contribution in [0.2, 0.25) is 0 Å². The number of ether oxygens (including phenoxy) is 3. The van der Waals surface area contributed by atoms with E-state index >= 15 is 0 Å².